The Labute approximate surface area is 151 Å². The van der Waals surface area contributed by atoms with Crippen molar-refractivity contribution in [2.45, 2.75) is 0 Å². The second-order valence-corrected chi connectivity index (χ2v) is 5.06. The molecule has 0 saturated carbocycles. The zero-order valence-electron chi connectivity index (χ0n) is 12.5. The molecule has 0 radical (unpaired) electrons. The molecule has 0 aliphatic rings. The largest absolute Gasteiger partial charge is 1.00 e. The van der Waals surface area contributed by atoms with Crippen LogP contribution in [0.4, 0.5) is 0 Å². The normalized spacial score (nSPS) is 10.4. The molecule has 0 heterocycles. The Balaban J connectivity index is 0.00000144. The third-order valence-corrected chi connectivity index (χ3v) is 3.72. The van der Waals surface area contributed by atoms with E-state index in [1.807, 2.05) is 48.5 Å². The van der Waals surface area contributed by atoms with Gasteiger partial charge in [0.1, 0.15) is 11.5 Å². The van der Waals surface area contributed by atoms with Gasteiger partial charge in [-0.3, -0.25) is 0 Å². The Hall–Kier alpha value is -1.80. The first kappa shape index (κ1) is 15.1. The maximum absolute atomic E-state index is 6.20. The van der Waals surface area contributed by atoms with E-state index in [9.17, 15) is 0 Å². The van der Waals surface area contributed by atoms with Crippen molar-refractivity contribution < 1.29 is 34.3 Å². The van der Waals surface area contributed by atoms with Crippen molar-refractivity contribution in [3.8, 4) is 11.5 Å². The van der Waals surface area contributed by atoms with E-state index in [4.69, 9.17) is 4.74 Å². The maximum atomic E-state index is 6.20. The van der Waals surface area contributed by atoms with Gasteiger partial charge < -0.3 is 4.74 Å². The maximum Gasteiger partial charge on any atom is 1.00 e. The van der Waals surface area contributed by atoms with Gasteiger partial charge in [0.2, 0.25) is 0 Å². The minimum Gasteiger partial charge on any atom is -0.456 e. The molecule has 22 heavy (non-hydrogen) atoms. The summed E-state index contributed by atoms with van der Waals surface area (Å²) in [6.45, 7) is 0. The number of ether oxygens (including phenoxy) is 1. The van der Waals surface area contributed by atoms with Gasteiger partial charge in [-0.15, -0.1) is 0 Å². The predicted molar refractivity (Wildman–Crippen MR) is 88.0 cm³/mol. The van der Waals surface area contributed by atoms with Crippen LogP contribution in [0.1, 0.15) is 0 Å². The first-order valence-corrected chi connectivity index (χ1v) is 7.05. The molecule has 4 aromatic carbocycles. The van der Waals surface area contributed by atoms with Gasteiger partial charge in [0.05, 0.1) is 0 Å². The third kappa shape index (κ3) is 2.76. The molecule has 0 amide bonds. The molecule has 2 heteroatoms. The molecule has 0 spiro atoms. The van der Waals surface area contributed by atoms with Crippen LogP contribution >= 0.6 is 0 Å². The topological polar surface area (TPSA) is 9.23 Å². The molecule has 0 fully saturated rings. The smallest absolute Gasteiger partial charge is 0.456 e. The Morgan fingerprint density at radius 1 is 0.455 bits per heavy atom. The summed E-state index contributed by atoms with van der Waals surface area (Å²) in [6.07, 6.45) is 0. The molecular weight excluding hydrogens is 279 g/mol. The van der Waals surface area contributed by atoms with E-state index in [-0.39, 0.29) is 29.6 Å². The van der Waals surface area contributed by atoms with Crippen molar-refractivity contribution in [2.24, 2.45) is 0 Å². The van der Waals surface area contributed by atoms with Crippen molar-refractivity contribution in [3.63, 3.8) is 0 Å². The van der Waals surface area contributed by atoms with Gasteiger partial charge in [-0.2, -0.15) is 0 Å². The minimum atomic E-state index is 0. The monoisotopic (exact) mass is 293 g/mol. The zero-order chi connectivity index (χ0) is 14.1. The van der Waals surface area contributed by atoms with Gasteiger partial charge in [-0.25, -0.2) is 0 Å². The van der Waals surface area contributed by atoms with Gasteiger partial charge >= 0.3 is 29.6 Å². The number of hydrogen-bond donors (Lipinski definition) is 0. The SMILES string of the molecule is [Na+].c1ccc2c(Oc3cccc4ccccc34)cccc2c1. The van der Waals surface area contributed by atoms with Gasteiger partial charge in [0, 0.05) is 10.8 Å². The number of fused-ring (bicyclic) bond motifs is 2. The van der Waals surface area contributed by atoms with E-state index >= 15 is 0 Å². The summed E-state index contributed by atoms with van der Waals surface area (Å²) in [4.78, 5) is 0. The Kier molecular flexibility index (Phi) is 4.49. The summed E-state index contributed by atoms with van der Waals surface area (Å²) < 4.78 is 6.20. The molecule has 0 aliphatic carbocycles. The van der Waals surface area contributed by atoms with Crippen LogP contribution in [0.2, 0.25) is 0 Å². The predicted octanol–water partition coefficient (Wildman–Crippen LogP) is 2.79. The van der Waals surface area contributed by atoms with Crippen molar-refractivity contribution in [3.05, 3.63) is 84.9 Å². The Bertz CT molecular complexity index is 843. The quantitative estimate of drug-likeness (QED) is 0.516. The van der Waals surface area contributed by atoms with Crippen LogP contribution in [-0.2, 0) is 0 Å². The van der Waals surface area contributed by atoms with E-state index in [0.29, 0.717) is 0 Å². The average Bonchev–Trinajstić information content (AvgIpc) is 2.56. The molecule has 1 nitrogen and oxygen atoms in total. The van der Waals surface area contributed by atoms with Crippen LogP contribution in [0.25, 0.3) is 21.5 Å². The molecule has 0 atom stereocenters. The Morgan fingerprint density at radius 2 is 0.864 bits per heavy atom. The summed E-state index contributed by atoms with van der Waals surface area (Å²) >= 11 is 0. The van der Waals surface area contributed by atoms with Crippen LogP contribution in [0.5, 0.6) is 11.5 Å². The van der Waals surface area contributed by atoms with Crippen molar-refractivity contribution in [1.29, 1.82) is 0 Å². The molecule has 0 unspecified atom stereocenters. The van der Waals surface area contributed by atoms with Crippen LogP contribution in [0.15, 0.2) is 84.9 Å². The second-order valence-electron chi connectivity index (χ2n) is 5.06. The van der Waals surface area contributed by atoms with Gasteiger partial charge in [0.25, 0.3) is 0 Å². The summed E-state index contributed by atoms with van der Waals surface area (Å²) in [7, 11) is 0. The van der Waals surface area contributed by atoms with E-state index in [1.54, 1.807) is 0 Å². The molecule has 4 rings (SSSR count). The van der Waals surface area contributed by atoms with E-state index in [1.165, 1.54) is 10.8 Å². The fourth-order valence-electron chi connectivity index (χ4n) is 2.69. The van der Waals surface area contributed by atoms with Crippen LogP contribution in [0, 0.1) is 0 Å². The zero-order valence-corrected chi connectivity index (χ0v) is 14.5. The summed E-state index contributed by atoms with van der Waals surface area (Å²) in [5.41, 5.74) is 0. The molecule has 0 saturated heterocycles. The van der Waals surface area contributed by atoms with Gasteiger partial charge in [0.15, 0.2) is 0 Å². The van der Waals surface area contributed by atoms with Crippen molar-refractivity contribution in [2.75, 3.05) is 0 Å². The van der Waals surface area contributed by atoms with Crippen LogP contribution < -0.4 is 34.3 Å². The van der Waals surface area contributed by atoms with Gasteiger partial charge in [-0.05, 0) is 22.9 Å². The fraction of sp³-hybridized carbons (Fsp3) is 0. The second kappa shape index (κ2) is 6.53. The number of hydrogen-bond acceptors (Lipinski definition) is 1. The van der Waals surface area contributed by atoms with Crippen molar-refractivity contribution in [1.82, 2.24) is 0 Å². The third-order valence-electron chi connectivity index (χ3n) is 3.72. The molecule has 0 aliphatic heterocycles. The first-order chi connectivity index (χ1) is 10.4. The van der Waals surface area contributed by atoms with Crippen LogP contribution in [-0.4, -0.2) is 0 Å². The molecule has 0 bridgehead atoms. The van der Waals surface area contributed by atoms with E-state index in [2.05, 4.69) is 36.4 Å². The molecular formula is C20H14NaO+. The standard InChI is InChI=1S/C20H14O.Na/c1-3-11-17-15(7-1)9-5-13-19(17)21-20-14-6-10-16-8-2-4-12-18(16)20;/h1-14H;/q;+1. The number of rotatable bonds is 2. The Morgan fingerprint density at radius 3 is 1.36 bits per heavy atom. The molecule has 100 valence electrons. The summed E-state index contributed by atoms with van der Waals surface area (Å²) in [5, 5.41) is 4.64. The summed E-state index contributed by atoms with van der Waals surface area (Å²) in [5.74, 6) is 1.79. The van der Waals surface area contributed by atoms with Gasteiger partial charge in [-0.1, -0.05) is 72.8 Å². The number of benzene rings is 4. The molecule has 0 aromatic heterocycles. The molecule has 0 N–H and O–H groups in total. The first-order valence-electron chi connectivity index (χ1n) is 7.05. The fourth-order valence-corrected chi connectivity index (χ4v) is 2.69. The van der Waals surface area contributed by atoms with E-state index in [0.717, 1.165) is 22.3 Å². The summed E-state index contributed by atoms with van der Waals surface area (Å²) in [6, 6.07) is 28.9. The average molecular weight is 293 g/mol. The van der Waals surface area contributed by atoms with Crippen LogP contribution in [0.3, 0.4) is 0 Å². The van der Waals surface area contributed by atoms with E-state index < -0.39 is 0 Å². The molecule has 4 aromatic rings. The minimum absolute atomic E-state index is 0. The van der Waals surface area contributed by atoms with Crippen molar-refractivity contribution >= 4 is 21.5 Å².